The Kier molecular flexibility index (Phi) is 6.23. The summed E-state index contributed by atoms with van der Waals surface area (Å²) in [5.41, 5.74) is 0. The highest BCUT2D eigenvalue weighted by molar-refractivity contribution is 7.80. The molecule has 0 aromatic heterocycles. The molecule has 0 aliphatic rings. The standard InChI is InChI=1S/C9H15NO3S/c1-3-7(4-11)9(13)8(5-14)10-6(2)12/h3,7-8,11,14H,1,4-5H2,2H3,(H,10,12)/t7-,8+/m1/s1. The number of carbonyl (C=O) groups excluding carboxylic acids is 2. The van der Waals surface area contributed by atoms with Gasteiger partial charge in [-0.25, -0.2) is 0 Å². The van der Waals surface area contributed by atoms with Crippen molar-refractivity contribution in [1.29, 1.82) is 0 Å². The number of hydrogen-bond donors (Lipinski definition) is 3. The van der Waals surface area contributed by atoms with Crippen LogP contribution in [0.5, 0.6) is 0 Å². The van der Waals surface area contributed by atoms with Crippen LogP contribution in [0.15, 0.2) is 12.7 Å². The first-order chi connectivity index (χ1) is 6.56. The van der Waals surface area contributed by atoms with E-state index in [-0.39, 0.29) is 24.1 Å². The fourth-order valence-electron chi connectivity index (χ4n) is 0.991. The fraction of sp³-hybridized carbons (Fsp3) is 0.556. The summed E-state index contributed by atoms with van der Waals surface area (Å²) in [5.74, 6) is -0.993. The van der Waals surface area contributed by atoms with Gasteiger partial charge in [0.2, 0.25) is 5.91 Å². The van der Waals surface area contributed by atoms with Gasteiger partial charge >= 0.3 is 0 Å². The summed E-state index contributed by atoms with van der Waals surface area (Å²) in [6, 6.07) is -0.661. The predicted molar refractivity (Wildman–Crippen MR) is 57.2 cm³/mol. The SMILES string of the molecule is C=C[C@H](CO)C(=O)[C@H](CS)NC(C)=O. The first-order valence-corrected chi connectivity index (χ1v) is 4.85. The van der Waals surface area contributed by atoms with Gasteiger partial charge in [-0.05, 0) is 0 Å². The quantitative estimate of drug-likeness (QED) is 0.426. The maximum atomic E-state index is 11.6. The summed E-state index contributed by atoms with van der Waals surface area (Å²) in [6.45, 7) is 4.46. The average Bonchev–Trinajstić information content (AvgIpc) is 2.15. The van der Waals surface area contributed by atoms with Gasteiger partial charge in [0.15, 0.2) is 5.78 Å². The lowest BCUT2D eigenvalue weighted by Gasteiger charge is -2.17. The molecule has 0 heterocycles. The zero-order valence-corrected chi connectivity index (χ0v) is 8.96. The van der Waals surface area contributed by atoms with Crippen molar-refractivity contribution in [1.82, 2.24) is 5.32 Å². The lowest BCUT2D eigenvalue weighted by atomic mass is 10.00. The van der Waals surface area contributed by atoms with Gasteiger partial charge in [-0.15, -0.1) is 6.58 Å². The number of nitrogens with one attached hydrogen (secondary N) is 1. The van der Waals surface area contributed by atoms with Gasteiger partial charge < -0.3 is 10.4 Å². The maximum absolute atomic E-state index is 11.6. The first kappa shape index (κ1) is 13.2. The summed E-state index contributed by atoms with van der Waals surface area (Å²) in [5, 5.41) is 11.3. The number of aliphatic hydroxyl groups is 1. The minimum Gasteiger partial charge on any atom is -0.395 e. The second-order valence-corrected chi connectivity index (χ2v) is 3.23. The molecule has 0 aromatic carbocycles. The van der Waals surface area contributed by atoms with Gasteiger partial charge in [-0.2, -0.15) is 12.6 Å². The molecule has 4 nitrogen and oxygen atoms in total. The van der Waals surface area contributed by atoms with E-state index in [1.54, 1.807) is 0 Å². The Morgan fingerprint density at radius 3 is 2.50 bits per heavy atom. The Labute approximate surface area is 88.8 Å². The van der Waals surface area contributed by atoms with E-state index in [4.69, 9.17) is 5.11 Å². The maximum Gasteiger partial charge on any atom is 0.217 e. The molecule has 2 atom stereocenters. The number of amides is 1. The van der Waals surface area contributed by atoms with Gasteiger partial charge in [0, 0.05) is 12.7 Å². The molecule has 2 N–H and O–H groups in total. The minimum atomic E-state index is -0.661. The van der Waals surface area contributed by atoms with Crippen molar-refractivity contribution in [2.24, 2.45) is 5.92 Å². The molecule has 0 spiro atoms. The highest BCUT2D eigenvalue weighted by atomic mass is 32.1. The molecule has 0 aliphatic carbocycles. The molecule has 80 valence electrons. The molecule has 5 heteroatoms. The van der Waals surface area contributed by atoms with Crippen LogP contribution in [0.1, 0.15) is 6.92 Å². The summed E-state index contributed by atoms with van der Waals surface area (Å²) in [7, 11) is 0. The van der Waals surface area contributed by atoms with Crippen molar-refractivity contribution in [2.75, 3.05) is 12.4 Å². The molecular formula is C9H15NO3S. The number of ketones is 1. The van der Waals surface area contributed by atoms with Crippen molar-refractivity contribution in [3.05, 3.63) is 12.7 Å². The molecular weight excluding hydrogens is 202 g/mol. The lowest BCUT2D eigenvalue weighted by Crippen LogP contribution is -2.44. The molecule has 14 heavy (non-hydrogen) atoms. The van der Waals surface area contributed by atoms with Crippen LogP contribution < -0.4 is 5.32 Å². The summed E-state index contributed by atoms with van der Waals surface area (Å²) >= 11 is 3.95. The van der Waals surface area contributed by atoms with Gasteiger partial charge in [0.1, 0.15) is 0 Å². The Balaban J connectivity index is 4.43. The third-order valence-corrected chi connectivity index (χ3v) is 2.12. The van der Waals surface area contributed by atoms with Crippen LogP contribution in [0.25, 0.3) is 0 Å². The van der Waals surface area contributed by atoms with Crippen LogP contribution in [0.3, 0.4) is 0 Å². The minimum absolute atomic E-state index is 0.211. The third-order valence-electron chi connectivity index (χ3n) is 1.75. The number of Topliss-reactive ketones (excluding diaryl/α,β-unsaturated/α-hetero) is 1. The fourth-order valence-corrected chi connectivity index (χ4v) is 1.26. The zero-order valence-electron chi connectivity index (χ0n) is 8.06. The number of aliphatic hydroxyl groups excluding tert-OH is 1. The van der Waals surface area contributed by atoms with E-state index < -0.39 is 12.0 Å². The molecule has 0 radical (unpaired) electrons. The van der Waals surface area contributed by atoms with Crippen molar-refractivity contribution in [3.8, 4) is 0 Å². The van der Waals surface area contributed by atoms with Crippen LogP contribution in [-0.4, -0.2) is 35.2 Å². The average molecular weight is 217 g/mol. The normalized spacial score (nSPS) is 14.2. The summed E-state index contributed by atoms with van der Waals surface area (Å²) in [6.07, 6.45) is 1.36. The summed E-state index contributed by atoms with van der Waals surface area (Å²) < 4.78 is 0. The lowest BCUT2D eigenvalue weighted by molar-refractivity contribution is -0.128. The van der Waals surface area contributed by atoms with Crippen LogP contribution in [-0.2, 0) is 9.59 Å². The van der Waals surface area contributed by atoms with Crippen molar-refractivity contribution >= 4 is 24.3 Å². The summed E-state index contributed by atoms with van der Waals surface area (Å²) in [4.78, 5) is 22.3. The topological polar surface area (TPSA) is 66.4 Å². The molecule has 0 bridgehead atoms. The highest BCUT2D eigenvalue weighted by Gasteiger charge is 2.23. The van der Waals surface area contributed by atoms with Crippen molar-refractivity contribution in [3.63, 3.8) is 0 Å². The van der Waals surface area contributed by atoms with Crippen LogP contribution in [0.2, 0.25) is 0 Å². The largest absolute Gasteiger partial charge is 0.395 e. The van der Waals surface area contributed by atoms with Crippen LogP contribution in [0, 0.1) is 5.92 Å². The van der Waals surface area contributed by atoms with E-state index in [1.807, 2.05) is 0 Å². The first-order valence-electron chi connectivity index (χ1n) is 4.21. The second-order valence-electron chi connectivity index (χ2n) is 2.86. The Hall–Kier alpha value is -0.810. The second kappa shape index (κ2) is 6.62. The van der Waals surface area contributed by atoms with E-state index in [0.29, 0.717) is 0 Å². The predicted octanol–water partition coefficient (Wildman–Crippen LogP) is -0.216. The highest BCUT2D eigenvalue weighted by Crippen LogP contribution is 2.04. The van der Waals surface area contributed by atoms with E-state index in [9.17, 15) is 9.59 Å². The molecule has 0 rings (SSSR count). The molecule has 0 unspecified atom stereocenters. The molecule has 0 saturated heterocycles. The van der Waals surface area contributed by atoms with Gasteiger partial charge in [0.25, 0.3) is 0 Å². The molecule has 0 saturated carbocycles. The van der Waals surface area contributed by atoms with E-state index in [1.165, 1.54) is 13.0 Å². The number of carbonyl (C=O) groups is 2. The Morgan fingerprint density at radius 1 is 1.64 bits per heavy atom. The monoisotopic (exact) mass is 217 g/mol. The van der Waals surface area contributed by atoms with Gasteiger partial charge in [-0.3, -0.25) is 9.59 Å². The third kappa shape index (κ3) is 3.93. The van der Waals surface area contributed by atoms with Crippen molar-refractivity contribution < 1.29 is 14.7 Å². The molecule has 0 aromatic rings. The Morgan fingerprint density at radius 2 is 2.21 bits per heavy atom. The Bertz CT molecular complexity index is 230. The molecule has 0 aliphatic heterocycles. The zero-order chi connectivity index (χ0) is 11.1. The van der Waals surface area contributed by atoms with Crippen molar-refractivity contribution in [2.45, 2.75) is 13.0 Å². The van der Waals surface area contributed by atoms with Gasteiger partial charge in [-0.1, -0.05) is 6.08 Å². The molecule has 0 fully saturated rings. The number of thiol groups is 1. The number of rotatable bonds is 6. The van der Waals surface area contributed by atoms with E-state index >= 15 is 0 Å². The van der Waals surface area contributed by atoms with Crippen LogP contribution in [0.4, 0.5) is 0 Å². The smallest absolute Gasteiger partial charge is 0.217 e. The van der Waals surface area contributed by atoms with E-state index in [0.717, 1.165) is 0 Å². The van der Waals surface area contributed by atoms with Gasteiger partial charge in [0.05, 0.1) is 18.6 Å². The number of hydrogen-bond acceptors (Lipinski definition) is 4. The van der Waals surface area contributed by atoms with E-state index in [2.05, 4.69) is 24.5 Å². The van der Waals surface area contributed by atoms with Crippen LogP contribution >= 0.6 is 12.6 Å². The molecule has 1 amide bonds.